The lowest BCUT2D eigenvalue weighted by atomic mass is 10.1. The number of sulfonamides is 1. The van der Waals surface area contributed by atoms with Gasteiger partial charge in [-0.1, -0.05) is 19.1 Å². The summed E-state index contributed by atoms with van der Waals surface area (Å²) in [5.74, 6) is -0.746. The second kappa shape index (κ2) is 12.5. The number of rotatable bonds is 12. The van der Waals surface area contributed by atoms with Gasteiger partial charge in [0.25, 0.3) is 0 Å². The molecular weight excluding hydrogens is 473 g/mol. The molecule has 0 aliphatic carbocycles. The van der Waals surface area contributed by atoms with Gasteiger partial charge in [0.1, 0.15) is 24.2 Å². The second-order valence-electron chi connectivity index (χ2n) is 8.43. The van der Waals surface area contributed by atoms with Crippen LogP contribution in [0.2, 0.25) is 0 Å². The minimum absolute atomic E-state index is 0.0179. The van der Waals surface area contributed by atoms with E-state index < -0.39 is 34.3 Å². The predicted molar refractivity (Wildman–Crippen MR) is 134 cm³/mol. The monoisotopic (exact) mass is 507 g/mol. The molecule has 2 amide bonds. The van der Waals surface area contributed by atoms with Crippen LogP contribution in [0, 0.1) is 5.82 Å². The Bertz CT molecular complexity index is 1090. The molecule has 0 aromatic heterocycles. The van der Waals surface area contributed by atoms with Gasteiger partial charge >= 0.3 is 0 Å². The smallest absolute Gasteiger partial charge is 0.244 e. The van der Waals surface area contributed by atoms with E-state index in [0.717, 1.165) is 10.6 Å². The minimum Gasteiger partial charge on any atom is -0.494 e. The van der Waals surface area contributed by atoms with Crippen molar-refractivity contribution in [3.63, 3.8) is 0 Å². The molecule has 0 unspecified atom stereocenters. The average molecular weight is 508 g/mol. The Hall–Kier alpha value is -3.14. The number of hydrogen-bond acceptors (Lipinski definition) is 5. The first-order valence-electron chi connectivity index (χ1n) is 11.5. The van der Waals surface area contributed by atoms with E-state index in [4.69, 9.17) is 4.74 Å². The molecule has 8 nitrogen and oxygen atoms in total. The van der Waals surface area contributed by atoms with Gasteiger partial charge in [0.15, 0.2) is 0 Å². The van der Waals surface area contributed by atoms with Gasteiger partial charge in [0.05, 0.1) is 18.6 Å². The van der Waals surface area contributed by atoms with Gasteiger partial charge in [0.2, 0.25) is 21.8 Å². The molecule has 10 heteroatoms. The Morgan fingerprint density at radius 3 is 2.11 bits per heavy atom. The predicted octanol–water partition coefficient (Wildman–Crippen LogP) is 3.32. The molecule has 2 rings (SSSR count). The Balaban J connectivity index is 2.40. The summed E-state index contributed by atoms with van der Waals surface area (Å²) in [5.41, 5.74) is 0.910. The van der Waals surface area contributed by atoms with Crippen LogP contribution in [-0.4, -0.2) is 56.6 Å². The van der Waals surface area contributed by atoms with E-state index in [0.29, 0.717) is 30.0 Å². The molecule has 0 radical (unpaired) electrons. The molecule has 35 heavy (non-hydrogen) atoms. The van der Waals surface area contributed by atoms with Crippen molar-refractivity contribution in [3.05, 3.63) is 59.9 Å². The fraction of sp³-hybridized carbons (Fsp3) is 0.440. The normalized spacial score (nSPS) is 12.2. The van der Waals surface area contributed by atoms with Crippen LogP contribution in [0.5, 0.6) is 5.75 Å². The number of anilines is 1. The number of nitrogens with one attached hydrogen (secondary N) is 1. The van der Waals surface area contributed by atoms with Crippen LogP contribution in [0.25, 0.3) is 0 Å². The number of nitrogens with zero attached hydrogens (tertiary/aromatic N) is 2. The highest BCUT2D eigenvalue weighted by molar-refractivity contribution is 7.92. The summed E-state index contributed by atoms with van der Waals surface area (Å²) in [6.07, 6.45) is 1.33. The van der Waals surface area contributed by atoms with Crippen molar-refractivity contribution in [2.75, 3.05) is 23.7 Å². The number of hydrogen-bond donors (Lipinski definition) is 1. The third-order valence-corrected chi connectivity index (χ3v) is 6.34. The maximum absolute atomic E-state index is 13.5. The van der Waals surface area contributed by atoms with Gasteiger partial charge in [-0.05, 0) is 69.2 Å². The summed E-state index contributed by atoms with van der Waals surface area (Å²) in [5, 5.41) is 2.82. The highest BCUT2D eigenvalue weighted by Crippen LogP contribution is 2.23. The number of carbonyl (C=O) groups excluding carboxylic acids is 2. The summed E-state index contributed by atoms with van der Waals surface area (Å²) in [7, 11) is -3.83. The van der Waals surface area contributed by atoms with Crippen molar-refractivity contribution in [2.24, 2.45) is 0 Å². The number of halogens is 1. The molecule has 0 aliphatic heterocycles. The molecular formula is C25H34FN3O5S. The number of carbonyl (C=O) groups is 2. The lowest BCUT2D eigenvalue weighted by Gasteiger charge is -2.33. The summed E-state index contributed by atoms with van der Waals surface area (Å²) in [6.45, 7) is 7.22. The molecule has 192 valence electrons. The first kappa shape index (κ1) is 28.1. The molecule has 0 spiro atoms. The largest absolute Gasteiger partial charge is 0.494 e. The van der Waals surface area contributed by atoms with Gasteiger partial charge in [-0.2, -0.15) is 0 Å². The maximum atomic E-state index is 13.5. The van der Waals surface area contributed by atoms with Crippen LogP contribution >= 0.6 is 0 Å². The Morgan fingerprint density at radius 2 is 1.63 bits per heavy atom. The fourth-order valence-corrected chi connectivity index (χ4v) is 4.43. The molecule has 0 saturated carbocycles. The molecule has 0 bridgehead atoms. The summed E-state index contributed by atoms with van der Waals surface area (Å²) in [4.78, 5) is 27.8. The number of benzene rings is 2. The van der Waals surface area contributed by atoms with Crippen LogP contribution in [-0.2, 0) is 26.2 Å². The minimum atomic E-state index is -3.83. The van der Waals surface area contributed by atoms with Gasteiger partial charge in [-0.3, -0.25) is 13.9 Å². The van der Waals surface area contributed by atoms with Crippen molar-refractivity contribution in [2.45, 2.75) is 52.7 Å². The van der Waals surface area contributed by atoms with E-state index >= 15 is 0 Å². The number of ether oxygens (including phenoxy) is 1. The third kappa shape index (κ3) is 8.24. The first-order chi connectivity index (χ1) is 16.5. The Kier molecular flexibility index (Phi) is 10.1. The quantitative estimate of drug-likeness (QED) is 0.476. The second-order valence-corrected chi connectivity index (χ2v) is 10.3. The Morgan fingerprint density at radius 1 is 1.03 bits per heavy atom. The Labute approximate surface area is 207 Å². The molecule has 0 saturated heterocycles. The van der Waals surface area contributed by atoms with Gasteiger partial charge in [0, 0.05) is 12.6 Å². The highest BCUT2D eigenvalue weighted by atomic mass is 32.2. The van der Waals surface area contributed by atoms with Crippen LogP contribution in [0.3, 0.4) is 0 Å². The van der Waals surface area contributed by atoms with E-state index in [-0.39, 0.29) is 18.5 Å². The van der Waals surface area contributed by atoms with Crippen molar-refractivity contribution in [3.8, 4) is 5.75 Å². The molecule has 0 heterocycles. The average Bonchev–Trinajstić information content (AvgIpc) is 2.78. The van der Waals surface area contributed by atoms with Crippen molar-refractivity contribution < 1.29 is 27.1 Å². The SMILES string of the molecule is CCOc1ccc(N(CC(=O)N(Cc2ccc(F)cc2)[C@H](CC)C(=O)NC(C)C)S(C)(=O)=O)cc1. The standard InChI is InChI=1S/C25H34FN3O5S/c1-6-23(25(31)27-18(3)4)28(16-19-8-10-20(26)11-9-19)24(30)17-29(35(5,32)33)21-12-14-22(15-13-21)34-7-2/h8-15,18,23H,6-7,16-17H2,1-5H3,(H,27,31)/t23-/m1/s1. The van der Waals surface area contributed by atoms with E-state index in [1.54, 1.807) is 31.2 Å². The van der Waals surface area contributed by atoms with Crippen molar-refractivity contribution >= 4 is 27.5 Å². The fourth-order valence-electron chi connectivity index (χ4n) is 3.58. The number of amides is 2. The molecule has 0 aliphatic rings. The van der Waals surface area contributed by atoms with Crippen LogP contribution in [0.15, 0.2) is 48.5 Å². The summed E-state index contributed by atoms with van der Waals surface area (Å²) >= 11 is 0. The highest BCUT2D eigenvalue weighted by Gasteiger charge is 2.32. The van der Waals surface area contributed by atoms with E-state index in [9.17, 15) is 22.4 Å². The summed E-state index contributed by atoms with van der Waals surface area (Å²) in [6, 6.07) is 11.0. The molecule has 2 aromatic carbocycles. The van der Waals surface area contributed by atoms with Crippen LogP contribution < -0.4 is 14.4 Å². The van der Waals surface area contributed by atoms with E-state index in [1.807, 2.05) is 20.8 Å². The lowest BCUT2D eigenvalue weighted by Crippen LogP contribution is -2.53. The first-order valence-corrected chi connectivity index (χ1v) is 13.4. The van der Waals surface area contributed by atoms with Crippen molar-refractivity contribution in [1.82, 2.24) is 10.2 Å². The van der Waals surface area contributed by atoms with Gasteiger partial charge in [-0.15, -0.1) is 0 Å². The van der Waals surface area contributed by atoms with Crippen LogP contribution in [0.4, 0.5) is 10.1 Å². The van der Waals surface area contributed by atoms with Crippen molar-refractivity contribution in [1.29, 1.82) is 0 Å². The summed E-state index contributed by atoms with van der Waals surface area (Å²) < 4.78 is 45.1. The topological polar surface area (TPSA) is 96.0 Å². The lowest BCUT2D eigenvalue weighted by molar-refractivity contribution is -0.140. The van der Waals surface area contributed by atoms with Crippen LogP contribution in [0.1, 0.15) is 39.7 Å². The zero-order valence-corrected chi connectivity index (χ0v) is 21.6. The molecule has 0 fully saturated rings. The third-order valence-electron chi connectivity index (χ3n) is 5.20. The van der Waals surface area contributed by atoms with Gasteiger partial charge < -0.3 is 15.0 Å². The van der Waals surface area contributed by atoms with E-state index in [1.165, 1.54) is 29.2 Å². The maximum Gasteiger partial charge on any atom is 0.244 e. The molecule has 1 atom stereocenters. The zero-order chi connectivity index (χ0) is 26.2. The van der Waals surface area contributed by atoms with Gasteiger partial charge in [-0.25, -0.2) is 12.8 Å². The zero-order valence-electron chi connectivity index (χ0n) is 20.8. The molecule has 2 aromatic rings. The molecule has 1 N–H and O–H groups in total. The van der Waals surface area contributed by atoms with E-state index in [2.05, 4.69) is 5.32 Å².